The van der Waals surface area contributed by atoms with Crippen molar-refractivity contribution in [3.05, 3.63) is 299 Å². The summed E-state index contributed by atoms with van der Waals surface area (Å²) in [6.07, 6.45) is 6.82. The van der Waals surface area contributed by atoms with Crippen LogP contribution in [0.5, 0.6) is 0 Å². The summed E-state index contributed by atoms with van der Waals surface area (Å²) >= 11 is 0. The van der Waals surface area contributed by atoms with Gasteiger partial charge in [-0.05, 0) is 143 Å². The van der Waals surface area contributed by atoms with E-state index in [0.717, 1.165) is 18.5 Å². The topological polar surface area (TPSA) is 3.24 Å². The molecule has 0 saturated heterocycles. The van der Waals surface area contributed by atoms with Crippen LogP contribution in [0.4, 0.5) is 17.1 Å². The van der Waals surface area contributed by atoms with E-state index in [-0.39, 0.29) is 0 Å². The van der Waals surface area contributed by atoms with Crippen molar-refractivity contribution in [1.29, 1.82) is 0 Å². The number of hydrogen-bond donors (Lipinski definition) is 0. The van der Waals surface area contributed by atoms with E-state index in [9.17, 15) is 0 Å². The lowest BCUT2D eigenvalue weighted by Crippen LogP contribution is -2.30. The molecule has 5 aliphatic carbocycles. The Morgan fingerprint density at radius 3 is 1.41 bits per heavy atom. The molecule has 1 unspecified atom stereocenters. The summed E-state index contributed by atoms with van der Waals surface area (Å²) in [5.74, 6) is 0. The van der Waals surface area contributed by atoms with Gasteiger partial charge in [-0.2, -0.15) is 0 Å². The van der Waals surface area contributed by atoms with Gasteiger partial charge < -0.3 is 4.90 Å². The fraction of sp³-hybridized carbons (Fsp3) is 0.0588. The molecule has 0 N–H and O–H groups in total. The zero-order valence-corrected chi connectivity index (χ0v) is 38.0. The molecule has 10 aromatic rings. The van der Waals surface area contributed by atoms with E-state index >= 15 is 0 Å². The van der Waals surface area contributed by atoms with Crippen LogP contribution >= 0.6 is 0 Å². The van der Waals surface area contributed by atoms with Crippen molar-refractivity contribution in [1.82, 2.24) is 0 Å². The maximum Gasteiger partial charge on any atom is 0.0726 e. The summed E-state index contributed by atoms with van der Waals surface area (Å²) in [6, 6.07) is 89.6. The molecule has 0 bridgehead atoms. The van der Waals surface area contributed by atoms with Crippen LogP contribution in [0.2, 0.25) is 0 Å². The lowest BCUT2D eigenvalue weighted by Gasteiger charge is -2.38. The summed E-state index contributed by atoms with van der Waals surface area (Å²) in [5, 5.41) is 0. The molecule has 0 heterocycles. The van der Waals surface area contributed by atoms with Gasteiger partial charge in [0, 0.05) is 16.8 Å². The van der Waals surface area contributed by atoms with Gasteiger partial charge in [-0.15, -0.1) is 0 Å². The highest BCUT2D eigenvalue weighted by Gasteiger charge is 2.56. The Kier molecular flexibility index (Phi) is 8.10. The maximum absolute atomic E-state index is 2.67. The summed E-state index contributed by atoms with van der Waals surface area (Å²) in [6.45, 7) is 0. The molecular formula is C68H45N. The van der Waals surface area contributed by atoms with Gasteiger partial charge in [-0.25, -0.2) is 0 Å². The average Bonchev–Trinajstić information content (AvgIpc) is 4.11. The van der Waals surface area contributed by atoms with Gasteiger partial charge in [0.15, 0.2) is 0 Å². The second-order valence-corrected chi connectivity index (χ2v) is 19.3. The molecule has 0 saturated carbocycles. The maximum atomic E-state index is 2.67. The Morgan fingerprint density at radius 2 is 0.783 bits per heavy atom. The summed E-state index contributed by atoms with van der Waals surface area (Å²) < 4.78 is 0. The predicted octanol–water partition coefficient (Wildman–Crippen LogP) is 17.3. The molecule has 15 rings (SSSR count). The summed E-state index contributed by atoms with van der Waals surface area (Å²) in [7, 11) is 0. The van der Waals surface area contributed by atoms with Crippen molar-refractivity contribution < 1.29 is 0 Å². The molecule has 322 valence electrons. The molecule has 5 aliphatic rings. The first-order chi connectivity index (χ1) is 34.3. The standard InChI is InChI=1S/C68H45N/c1-3-21-44(22-4-1)46-41-47(45-23-5-2-6-24-45)43-48(42-46)69(63-39-20-38-62-65(63)55-30-12-18-37-61(55)67(62)56-32-13-7-25-49(56)50-26-8-14-33-57(50)67)64-40-19-31-54-53-29-11-17-36-60(53)68(66(54)64)58-34-15-9-27-51(58)52-28-10-16-35-59(52)68/h1-15,17-34,36-43H,16,35H2. The molecule has 1 nitrogen and oxygen atoms in total. The molecule has 1 heteroatoms. The Hall–Kier alpha value is -8.52. The predicted molar refractivity (Wildman–Crippen MR) is 285 cm³/mol. The highest BCUT2D eigenvalue weighted by Crippen LogP contribution is 2.68. The number of fused-ring (bicyclic) bond motifs is 19. The number of rotatable bonds is 5. The van der Waals surface area contributed by atoms with Gasteiger partial charge in [0.1, 0.15) is 0 Å². The third kappa shape index (κ3) is 5.04. The smallest absolute Gasteiger partial charge is 0.0726 e. The van der Waals surface area contributed by atoms with E-state index in [0.29, 0.717) is 0 Å². The van der Waals surface area contributed by atoms with Crippen LogP contribution in [0.15, 0.2) is 254 Å². The molecule has 0 aliphatic heterocycles. The molecule has 0 fully saturated rings. The first-order valence-electron chi connectivity index (χ1n) is 24.5. The third-order valence-electron chi connectivity index (χ3n) is 16.2. The molecule has 69 heavy (non-hydrogen) atoms. The fourth-order valence-corrected chi connectivity index (χ4v) is 13.7. The molecule has 2 spiro atoms. The van der Waals surface area contributed by atoms with Crippen LogP contribution in [0.3, 0.4) is 0 Å². The Morgan fingerprint density at radius 1 is 0.333 bits per heavy atom. The van der Waals surface area contributed by atoms with Crippen molar-refractivity contribution in [2.75, 3.05) is 4.90 Å². The van der Waals surface area contributed by atoms with Crippen molar-refractivity contribution in [3.63, 3.8) is 0 Å². The zero-order chi connectivity index (χ0) is 45.3. The van der Waals surface area contributed by atoms with Crippen LogP contribution in [0.1, 0.15) is 57.3 Å². The number of nitrogens with zero attached hydrogens (tertiary/aromatic N) is 1. The molecule has 0 aromatic heterocycles. The van der Waals surface area contributed by atoms with Crippen LogP contribution in [0, 0.1) is 0 Å². The van der Waals surface area contributed by atoms with Gasteiger partial charge in [0.25, 0.3) is 0 Å². The van der Waals surface area contributed by atoms with E-state index < -0.39 is 10.8 Å². The molecule has 1 atom stereocenters. The minimum absolute atomic E-state index is 0.489. The van der Waals surface area contributed by atoms with Crippen molar-refractivity contribution in [2.45, 2.75) is 23.7 Å². The van der Waals surface area contributed by atoms with E-state index in [1.165, 1.54) is 123 Å². The van der Waals surface area contributed by atoms with Crippen LogP contribution in [-0.4, -0.2) is 0 Å². The van der Waals surface area contributed by atoms with Gasteiger partial charge in [0.05, 0.1) is 22.2 Å². The number of hydrogen-bond acceptors (Lipinski definition) is 1. The minimum atomic E-state index is -0.490. The largest absolute Gasteiger partial charge is 0.309 e. The minimum Gasteiger partial charge on any atom is -0.309 e. The normalized spacial score (nSPS) is 16.6. The third-order valence-corrected chi connectivity index (χ3v) is 16.2. The summed E-state index contributed by atoms with van der Waals surface area (Å²) in [5.41, 5.74) is 28.8. The van der Waals surface area contributed by atoms with E-state index in [4.69, 9.17) is 0 Å². The number of anilines is 3. The monoisotopic (exact) mass is 875 g/mol. The van der Waals surface area contributed by atoms with Crippen LogP contribution in [-0.2, 0) is 10.8 Å². The fourth-order valence-electron chi connectivity index (χ4n) is 13.7. The van der Waals surface area contributed by atoms with E-state index in [1.807, 2.05) is 0 Å². The number of allylic oxidation sites excluding steroid dienone is 4. The van der Waals surface area contributed by atoms with Crippen molar-refractivity contribution in [3.8, 4) is 55.6 Å². The first kappa shape index (κ1) is 38.6. The Balaban J connectivity index is 1.10. The van der Waals surface area contributed by atoms with E-state index in [1.54, 1.807) is 0 Å². The van der Waals surface area contributed by atoms with Crippen LogP contribution < -0.4 is 4.90 Å². The SMILES string of the molecule is C1=CC2=C(CC1)C1(c3ccccc32)c2ccccc2-c2cccc(N(c3cc(-c4ccccc4)cc(-c4ccccc4)c3)c3cccc4c3-c3ccccc3C43c4ccccc4-c4ccccc43)c21. The van der Waals surface area contributed by atoms with Crippen molar-refractivity contribution in [2.24, 2.45) is 0 Å². The lowest BCUT2D eigenvalue weighted by atomic mass is 9.67. The average molecular weight is 876 g/mol. The lowest BCUT2D eigenvalue weighted by molar-refractivity contribution is 0.714. The van der Waals surface area contributed by atoms with Crippen molar-refractivity contribution >= 4 is 22.6 Å². The quantitative estimate of drug-likeness (QED) is 0.167. The zero-order valence-electron chi connectivity index (χ0n) is 38.0. The highest BCUT2D eigenvalue weighted by atomic mass is 15.2. The number of benzene rings is 10. The molecule has 0 radical (unpaired) electrons. The second kappa shape index (κ2) is 14.5. The van der Waals surface area contributed by atoms with Gasteiger partial charge >= 0.3 is 0 Å². The van der Waals surface area contributed by atoms with Crippen LogP contribution in [0.25, 0.3) is 61.2 Å². The van der Waals surface area contributed by atoms with Gasteiger partial charge in [-0.3, -0.25) is 0 Å². The van der Waals surface area contributed by atoms with Gasteiger partial charge in [-0.1, -0.05) is 218 Å². The molecular weight excluding hydrogens is 831 g/mol. The molecule has 0 amide bonds. The van der Waals surface area contributed by atoms with E-state index in [2.05, 4.69) is 254 Å². The summed E-state index contributed by atoms with van der Waals surface area (Å²) in [4.78, 5) is 2.67. The Labute approximate surface area is 403 Å². The molecule has 10 aromatic carbocycles. The first-order valence-corrected chi connectivity index (χ1v) is 24.5. The highest BCUT2D eigenvalue weighted by molar-refractivity contribution is 6.05. The Bertz CT molecular complexity index is 3750. The second-order valence-electron chi connectivity index (χ2n) is 19.3. The van der Waals surface area contributed by atoms with Gasteiger partial charge in [0.2, 0.25) is 0 Å².